The average Bonchev–Trinajstić information content (AvgIpc) is 2.92. The first kappa shape index (κ1) is 17.2. The molecule has 26 heavy (non-hydrogen) atoms. The molecule has 2 aromatic rings. The van der Waals surface area contributed by atoms with Gasteiger partial charge in [-0.15, -0.1) is 0 Å². The van der Waals surface area contributed by atoms with E-state index >= 15 is 0 Å². The molecule has 2 unspecified atom stereocenters. The van der Waals surface area contributed by atoms with Gasteiger partial charge in [0.2, 0.25) is 0 Å². The molecule has 4 rings (SSSR count). The lowest BCUT2D eigenvalue weighted by atomic mass is 9.92. The molecule has 1 aromatic heterocycles. The van der Waals surface area contributed by atoms with Gasteiger partial charge in [0.05, 0.1) is 32.2 Å². The number of rotatable bonds is 5. The van der Waals surface area contributed by atoms with E-state index in [4.69, 9.17) is 4.74 Å². The quantitative estimate of drug-likeness (QED) is 0.613. The molecule has 1 aliphatic carbocycles. The third-order valence-corrected chi connectivity index (χ3v) is 6.11. The standard InChI is InChI=1S/C22H27N2O2/c1-24(13-11-17-6-3-2-4-7-17)15-19-9-10-20(16-24)21(19)26-22(25)18-8-5-12-23-14-18/h2-8,12,14,19-21H,9-11,13,15-16H2,1H3/q+1/t19-,20+,21?,24?. The fourth-order valence-corrected chi connectivity index (χ4v) is 4.83. The van der Waals surface area contributed by atoms with Crippen molar-refractivity contribution in [1.29, 1.82) is 0 Å². The first-order chi connectivity index (χ1) is 12.6. The van der Waals surface area contributed by atoms with Crippen molar-refractivity contribution in [3.8, 4) is 0 Å². The van der Waals surface area contributed by atoms with E-state index in [1.807, 2.05) is 0 Å². The van der Waals surface area contributed by atoms with Crippen LogP contribution in [0.15, 0.2) is 54.9 Å². The van der Waals surface area contributed by atoms with E-state index in [0.29, 0.717) is 17.4 Å². The number of benzene rings is 1. The maximum Gasteiger partial charge on any atom is 0.340 e. The highest BCUT2D eigenvalue weighted by Crippen LogP contribution is 2.41. The van der Waals surface area contributed by atoms with Crippen molar-refractivity contribution in [2.24, 2.45) is 11.8 Å². The molecule has 2 fully saturated rings. The van der Waals surface area contributed by atoms with Crippen LogP contribution >= 0.6 is 0 Å². The molecule has 4 atom stereocenters. The van der Waals surface area contributed by atoms with Crippen molar-refractivity contribution < 1.29 is 14.0 Å². The van der Waals surface area contributed by atoms with Crippen LogP contribution in [-0.4, -0.2) is 48.2 Å². The van der Waals surface area contributed by atoms with Crippen molar-refractivity contribution in [2.75, 3.05) is 26.7 Å². The van der Waals surface area contributed by atoms with Crippen molar-refractivity contribution in [3.05, 3.63) is 66.0 Å². The van der Waals surface area contributed by atoms with Gasteiger partial charge in [0.25, 0.3) is 0 Å². The minimum Gasteiger partial charge on any atom is -0.458 e. The van der Waals surface area contributed by atoms with Gasteiger partial charge in [0, 0.05) is 30.7 Å². The van der Waals surface area contributed by atoms with Gasteiger partial charge in [0.1, 0.15) is 6.10 Å². The summed E-state index contributed by atoms with van der Waals surface area (Å²) in [5.74, 6) is 0.741. The van der Waals surface area contributed by atoms with Crippen molar-refractivity contribution in [3.63, 3.8) is 0 Å². The predicted molar refractivity (Wildman–Crippen MR) is 101 cm³/mol. The van der Waals surface area contributed by atoms with Gasteiger partial charge < -0.3 is 9.22 Å². The number of nitrogens with zero attached hydrogens (tertiary/aromatic N) is 2. The van der Waals surface area contributed by atoms with E-state index in [9.17, 15) is 4.79 Å². The summed E-state index contributed by atoms with van der Waals surface area (Å²) >= 11 is 0. The third-order valence-electron chi connectivity index (χ3n) is 6.11. The Bertz CT molecular complexity index is 733. The largest absolute Gasteiger partial charge is 0.458 e. The van der Waals surface area contributed by atoms with E-state index in [2.05, 4.69) is 42.4 Å². The summed E-state index contributed by atoms with van der Waals surface area (Å²) in [6, 6.07) is 14.3. The molecule has 1 saturated carbocycles. The third kappa shape index (κ3) is 3.65. The zero-order valence-electron chi connectivity index (χ0n) is 15.4. The molecule has 1 aromatic carbocycles. The molecular formula is C22H27N2O2+. The summed E-state index contributed by atoms with van der Waals surface area (Å²) in [6.45, 7) is 3.36. The summed E-state index contributed by atoms with van der Waals surface area (Å²) in [6.07, 6.45) is 6.80. The van der Waals surface area contributed by atoms with Crippen LogP contribution in [0.4, 0.5) is 0 Å². The fourth-order valence-electron chi connectivity index (χ4n) is 4.83. The zero-order valence-corrected chi connectivity index (χ0v) is 15.4. The number of quaternary nitrogens is 1. The predicted octanol–water partition coefficient (Wildman–Crippen LogP) is 3.34. The lowest BCUT2D eigenvalue weighted by Gasteiger charge is -2.44. The van der Waals surface area contributed by atoms with Crippen LogP contribution in [0.3, 0.4) is 0 Å². The first-order valence-corrected chi connectivity index (χ1v) is 9.61. The fraction of sp³-hybridized carbons (Fsp3) is 0.455. The van der Waals surface area contributed by atoms with E-state index in [-0.39, 0.29) is 12.1 Å². The monoisotopic (exact) mass is 351 g/mol. The molecule has 0 amide bonds. The molecule has 1 saturated heterocycles. The second kappa shape index (κ2) is 7.20. The van der Waals surface area contributed by atoms with Crippen LogP contribution in [0, 0.1) is 11.8 Å². The Labute approximate surface area is 155 Å². The Morgan fingerprint density at radius 1 is 1.12 bits per heavy atom. The number of carbonyl (C=O) groups is 1. The van der Waals surface area contributed by atoms with Gasteiger partial charge in [0.15, 0.2) is 0 Å². The van der Waals surface area contributed by atoms with Gasteiger partial charge in [-0.25, -0.2) is 4.79 Å². The van der Waals surface area contributed by atoms with Crippen LogP contribution in [0.2, 0.25) is 0 Å². The van der Waals surface area contributed by atoms with Gasteiger partial charge in [-0.05, 0) is 30.5 Å². The topological polar surface area (TPSA) is 39.2 Å². The first-order valence-electron chi connectivity index (χ1n) is 9.61. The van der Waals surface area contributed by atoms with Crippen LogP contribution in [0.5, 0.6) is 0 Å². The number of ether oxygens (including phenoxy) is 1. The molecule has 2 aliphatic rings. The van der Waals surface area contributed by atoms with Gasteiger partial charge >= 0.3 is 5.97 Å². The second-order valence-electron chi connectivity index (χ2n) is 8.15. The Kier molecular flexibility index (Phi) is 4.77. The summed E-state index contributed by atoms with van der Waals surface area (Å²) in [5, 5.41) is 0. The highest BCUT2D eigenvalue weighted by atomic mass is 16.5. The summed E-state index contributed by atoms with van der Waals surface area (Å²) in [7, 11) is 2.37. The molecule has 0 N–H and O–H groups in total. The van der Waals surface area contributed by atoms with E-state index in [1.54, 1.807) is 24.5 Å². The molecule has 4 heteroatoms. The Balaban J connectivity index is 1.38. The number of likely N-dealkylation sites (N-methyl/N-ethyl adjacent to an activating group) is 1. The maximum absolute atomic E-state index is 12.4. The molecule has 2 bridgehead atoms. The lowest BCUT2D eigenvalue weighted by molar-refractivity contribution is -0.920. The maximum atomic E-state index is 12.4. The van der Waals surface area contributed by atoms with Crippen molar-refractivity contribution in [2.45, 2.75) is 25.4 Å². The van der Waals surface area contributed by atoms with Crippen LogP contribution in [-0.2, 0) is 11.2 Å². The molecular weight excluding hydrogens is 324 g/mol. The minimum absolute atomic E-state index is 0.0747. The number of carbonyl (C=O) groups excluding carboxylic acids is 1. The van der Waals surface area contributed by atoms with E-state index in [0.717, 1.165) is 30.5 Å². The van der Waals surface area contributed by atoms with Crippen LogP contribution < -0.4 is 0 Å². The highest BCUT2D eigenvalue weighted by Gasteiger charge is 2.50. The molecule has 1 aliphatic heterocycles. The normalized spacial score (nSPS) is 30.1. The minimum atomic E-state index is -0.222. The number of aromatic nitrogens is 1. The number of pyridine rings is 1. The average molecular weight is 351 g/mol. The number of likely N-dealkylation sites (tertiary alicyclic amines) is 1. The smallest absolute Gasteiger partial charge is 0.340 e. The van der Waals surface area contributed by atoms with Crippen LogP contribution in [0.25, 0.3) is 0 Å². The van der Waals surface area contributed by atoms with E-state index in [1.165, 1.54) is 18.4 Å². The number of piperidine rings is 1. The Morgan fingerprint density at radius 3 is 2.50 bits per heavy atom. The van der Waals surface area contributed by atoms with Crippen LogP contribution in [0.1, 0.15) is 28.8 Å². The Morgan fingerprint density at radius 2 is 1.85 bits per heavy atom. The van der Waals surface area contributed by atoms with Crippen molar-refractivity contribution >= 4 is 5.97 Å². The number of hydrogen-bond donors (Lipinski definition) is 0. The second-order valence-corrected chi connectivity index (χ2v) is 8.15. The molecule has 2 heterocycles. The van der Waals surface area contributed by atoms with Gasteiger partial charge in [-0.2, -0.15) is 0 Å². The lowest BCUT2D eigenvalue weighted by Crippen LogP contribution is -2.57. The number of esters is 1. The zero-order chi connectivity index (χ0) is 18.0. The van der Waals surface area contributed by atoms with Crippen molar-refractivity contribution in [1.82, 2.24) is 4.98 Å². The molecule has 0 spiro atoms. The molecule has 4 nitrogen and oxygen atoms in total. The number of hydrogen-bond acceptors (Lipinski definition) is 3. The van der Waals surface area contributed by atoms with Gasteiger partial charge in [-0.1, -0.05) is 30.3 Å². The summed E-state index contributed by atoms with van der Waals surface area (Å²) in [4.78, 5) is 16.5. The highest BCUT2D eigenvalue weighted by molar-refractivity contribution is 5.89. The SMILES string of the molecule is C[N+]1(CCc2ccccc2)C[C@H]2CC[C@@H](C1)C2OC(=O)c1cccnc1. The van der Waals surface area contributed by atoms with E-state index < -0.39 is 0 Å². The molecule has 136 valence electrons. The number of fused-ring (bicyclic) bond motifs is 2. The summed E-state index contributed by atoms with van der Waals surface area (Å²) in [5.41, 5.74) is 1.96. The Hall–Kier alpha value is -2.20. The summed E-state index contributed by atoms with van der Waals surface area (Å²) < 4.78 is 7.02. The molecule has 0 radical (unpaired) electrons. The van der Waals surface area contributed by atoms with Gasteiger partial charge in [-0.3, -0.25) is 4.98 Å².